The van der Waals surface area contributed by atoms with Gasteiger partial charge < -0.3 is 24.8 Å². The van der Waals surface area contributed by atoms with Crippen molar-refractivity contribution in [2.75, 3.05) is 57.0 Å². The smallest absolute Gasteiger partial charge is 0.319 e. The van der Waals surface area contributed by atoms with E-state index in [-0.39, 0.29) is 53.3 Å². The lowest BCUT2D eigenvalue weighted by Crippen LogP contribution is -2.53. The number of rotatable bonds is 10. The minimum atomic E-state index is -0.914. The highest BCUT2D eigenvalue weighted by Crippen LogP contribution is 2.41. The fraction of sp³-hybridized carbons (Fsp3) is 0.514. The van der Waals surface area contributed by atoms with Crippen molar-refractivity contribution in [1.29, 1.82) is 0 Å². The van der Waals surface area contributed by atoms with Crippen LogP contribution in [0.25, 0.3) is 28.4 Å². The van der Waals surface area contributed by atoms with E-state index in [0.717, 1.165) is 30.5 Å². The number of halogens is 2. The number of hydrogen-bond acceptors (Lipinski definition) is 12. The molecule has 0 radical (unpaired) electrons. The molecule has 3 aliphatic heterocycles. The first-order valence-electron chi connectivity index (χ1n) is 17.0. The van der Waals surface area contributed by atoms with Crippen LogP contribution in [0.1, 0.15) is 61.9 Å². The van der Waals surface area contributed by atoms with Crippen molar-refractivity contribution in [3.63, 3.8) is 0 Å². The van der Waals surface area contributed by atoms with Crippen molar-refractivity contribution in [3.8, 4) is 17.4 Å². The summed E-state index contributed by atoms with van der Waals surface area (Å²) < 4.78 is 42.4. The molecule has 3 fully saturated rings. The first-order chi connectivity index (χ1) is 23.9. The molecule has 15 heteroatoms. The van der Waals surface area contributed by atoms with Crippen LogP contribution < -0.4 is 15.4 Å². The highest BCUT2D eigenvalue weighted by Gasteiger charge is 2.49. The summed E-state index contributed by atoms with van der Waals surface area (Å²) in [6.07, 6.45) is 5.76. The molecule has 13 nitrogen and oxygen atoms in total. The highest BCUT2D eigenvalue weighted by molar-refractivity contribution is 5.93. The van der Waals surface area contributed by atoms with Crippen LogP contribution in [0, 0.1) is 25.6 Å². The summed E-state index contributed by atoms with van der Waals surface area (Å²) in [5.41, 5.74) is 7.63. The van der Waals surface area contributed by atoms with E-state index in [1.54, 1.807) is 17.2 Å². The molecule has 0 aliphatic carbocycles. The van der Waals surface area contributed by atoms with Crippen molar-refractivity contribution in [2.45, 2.75) is 64.6 Å². The van der Waals surface area contributed by atoms with E-state index in [0.29, 0.717) is 55.3 Å². The second-order valence-corrected chi connectivity index (χ2v) is 14.2. The molecule has 7 heterocycles. The van der Waals surface area contributed by atoms with Gasteiger partial charge >= 0.3 is 6.01 Å². The van der Waals surface area contributed by atoms with Gasteiger partial charge in [-0.05, 0) is 50.4 Å². The van der Waals surface area contributed by atoms with Crippen molar-refractivity contribution < 1.29 is 22.8 Å². The number of ether oxygens (including phenoxy) is 1. The number of likely N-dealkylation sites (tertiary alicyclic amines) is 1. The molecule has 0 aromatic carbocycles. The molecule has 3 saturated heterocycles. The maximum atomic E-state index is 16.5. The monoisotopic (exact) mass is 688 g/mol. The first-order valence-corrected chi connectivity index (χ1v) is 17.0. The van der Waals surface area contributed by atoms with E-state index in [4.69, 9.17) is 20.0 Å². The second kappa shape index (κ2) is 13.2. The Balaban J connectivity index is 1.13. The molecule has 0 spiro atoms. The average Bonchev–Trinajstić information content (AvgIpc) is 3.77. The molecule has 3 aliphatic rings. The number of nitrogen functional groups attached to an aromatic ring is 1. The molecule has 0 bridgehead atoms. The van der Waals surface area contributed by atoms with Crippen molar-refractivity contribution in [3.05, 3.63) is 47.0 Å². The summed E-state index contributed by atoms with van der Waals surface area (Å²) in [6.45, 7) is 10.6. The Labute approximate surface area is 288 Å². The molecular formula is C35H42F2N10O3. The van der Waals surface area contributed by atoms with E-state index in [1.165, 1.54) is 12.2 Å². The number of nitrogens with two attached hydrogens (primary N) is 1. The molecular weight excluding hydrogens is 646 g/mol. The minimum absolute atomic E-state index is 0.00423. The van der Waals surface area contributed by atoms with Gasteiger partial charge in [0.15, 0.2) is 11.6 Å². The predicted molar refractivity (Wildman–Crippen MR) is 184 cm³/mol. The molecule has 0 saturated carbocycles. The van der Waals surface area contributed by atoms with Crippen molar-refractivity contribution in [1.82, 2.24) is 39.9 Å². The Bertz CT molecular complexity index is 1960. The van der Waals surface area contributed by atoms with Crippen LogP contribution >= 0.6 is 0 Å². The molecule has 264 valence electrons. The zero-order valence-electron chi connectivity index (χ0n) is 29.0. The quantitative estimate of drug-likeness (QED) is 0.234. The van der Waals surface area contributed by atoms with E-state index < -0.39 is 17.5 Å². The number of aryl methyl sites for hydroxylation is 1. The zero-order valence-corrected chi connectivity index (χ0v) is 29.0. The van der Waals surface area contributed by atoms with Gasteiger partial charge in [0.2, 0.25) is 5.91 Å². The van der Waals surface area contributed by atoms with E-state index >= 15 is 4.39 Å². The third-order valence-corrected chi connectivity index (χ3v) is 10.2. The molecule has 0 unspecified atom stereocenters. The number of hydrogen-bond donors (Lipinski definition) is 1. The van der Waals surface area contributed by atoms with Crippen LogP contribution in [-0.4, -0.2) is 104 Å². The third kappa shape index (κ3) is 6.34. The van der Waals surface area contributed by atoms with Gasteiger partial charge in [0, 0.05) is 69.8 Å². The van der Waals surface area contributed by atoms with Gasteiger partial charge in [-0.3, -0.25) is 14.7 Å². The van der Waals surface area contributed by atoms with Crippen LogP contribution in [0.2, 0.25) is 0 Å². The van der Waals surface area contributed by atoms with Gasteiger partial charge in [0.1, 0.15) is 35.6 Å². The largest absolute Gasteiger partial charge is 0.461 e. The maximum absolute atomic E-state index is 16.5. The van der Waals surface area contributed by atoms with Gasteiger partial charge in [-0.25, -0.2) is 13.8 Å². The lowest BCUT2D eigenvalue weighted by Gasteiger charge is -2.40. The van der Waals surface area contributed by atoms with E-state index in [1.807, 2.05) is 39.6 Å². The summed E-state index contributed by atoms with van der Waals surface area (Å²) in [5.74, 6) is 1.00. The molecule has 50 heavy (non-hydrogen) atoms. The topological polar surface area (TPSA) is 153 Å². The lowest BCUT2D eigenvalue weighted by molar-refractivity contribution is -0.131. The van der Waals surface area contributed by atoms with Gasteiger partial charge in [0.25, 0.3) is 5.89 Å². The Hall–Kier alpha value is -4.79. The lowest BCUT2D eigenvalue weighted by atomic mass is 9.95. The van der Waals surface area contributed by atoms with Crippen LogP contribution in [-0.2, 0) is 4.79 Å². The number of carbonyl (C=O) groups is 1. The van der Waals surface area contributed by atoms with Gasteiger partial charge in [-0.2, -0.15) is 15.0 Å². The Morgan fingerprint density at radius 1 is 1.20 bits per heavy atom. The Morgan fingerprint density at radius 2 is 2.00 bits per heavy atom. The van der Waals surface area contributed by atoms with E-state index in [9.17, 15) is 9.18 Å². The number of carbonyl (C=O) groups excluding carboxylic acids is 1. The van der Waals surface area contributed by atoms with Crippen molar-refractivity contribution >= 4 is 34.5 Å². The Morgan fingerprint density at radius 3 is 2.76 bits per heavy atom. The summed E-state index contributed by atoms with van der Waals surface area (Å²) in [5, 5.41) is 4.32. The van der Waals surface area contributed by atoms with Gasteiger partial charge in [-0.1, -0.05) is 19.0 Å². The van der Waals surface area contributed by atoms with Crippen molar-refractivity contribution in [2.24, 2.45) is 5.92 Å². The molecule has 1 amide bonds. The van der Waals surface area contributed by atoms with Gasteiger partial charge in [0.05, 0.1) is 16.6 Å². The highest BCUT2D eigenvalue weighted by atomic mass is 19.1. The predicted octanol–water partition coefficient (Wildman–Crippen LogP) is 4.49. The van der Waals surface area contributed by atoms with Crippen LogP contribution in [0.5, 0.6) is 6.01 Å². The molecule has 4 aromatic rings. The molecule has 4 aromatic heterocycles. The number of nitrogens with zero attached hydrogens (tertiary/aromatic N) is 9. The molecule has 2 N–H and O–H groups in total. The average molecular weight is 689 g/mol. The number of amides is 1. The molecule has 7 rings (SSSR count). The van der Waals surface area contributed by atoms with Crippen LogP contribution in [0.3, 0.4) is 0 Å². The van der Waals surface area contributed by atoms with Gasteiger partial charge in [-0.15, -0.1) is 0 Å². The number of alkyl halides is 1. The fourth-order valence-corrected chi connectivity index (χ4v) is 7.32. The molecule has 2 atom stereocenters. The van der Waals surface area contributed by atoms with E-state index in [2.05, 4.69) is 30.0 Å². The number of fused-ring (bicyclic) bond motifs is 2. The maximum Gasteiger partial charge on any atom is 0.319 e. The normalized spacial score (nSPS) is 21.0. The summed E-state index contributed by atoms with van der Waals surface area (Å²) >= 11 is 0. The van der Waals surface area contributed by atoms with Crippen LogP contribution in [0.4, 0.5) is 20.4 Å². The van der Waals surface area contributed by atoms with Crippen LogP contribution in [0.15, 0.2) is 22.9 Å². The Kier molecular flexibility index (Phi) is 8.87. The zero-order chi connectivity index (χ0) is 35.3. The summed E-state index contributed by atoms with van der Waals surface area (Å²) in [7, 11) is 1.86. The SMILES string of the molecule is Cc1cc(N)nc(-c2ncc3c(N(C)CC4CN(C(=O)/C=C/c5nc(C(C)C)no5)C4)nc(OC[C@@]45CCCN4C[C@H](F)C5)nc3c2F)c1C. The number of aromatic nitrogens is 6. The number of anilines is 2. The number of pyridine rings is 2. The third-order valence-electron chi connectivity index (χ3n) is 10.2. The minimum Gasteiger partial charge on any atom is -0.461 e. The first kappa shape index (κ1) is 33.7. The summed E-state index contributed by atoms with van der Waals surface area (Å²) in [4.78, 5) is 41.0. The second-order valence-electron chi connectivity index (χ2n) is 14.2. The summed E-state index contributed by atoms with van der Waals surface area (Å²) in [6, 6.07) is 1.74. The standard InChI is InChI=1S/C35H42F2N10O3/c1-19(2)32-41-26(50-44-32)7-8-27(48)46-15-22(16-46)14-45(5)33-24-13-39-31(29-21(4)20(3)11-25(38)40-29)28(37)30(24)42-34(43-33)49-18-35-9-6-10-47(35)17-23(36)12-35/h7-8,11,13,19,22-23H,6,9-10,12,14-18H2,1-5H3,(H2,38,40)/b8-7+/t23-,35+/m1/s1. The fourth-order valence-electron chi connectivity index (χ4n) is 7.32.